The molecule has 1 heterocycles. The Morgan fingerprint density at radius 3 is 2.38 bits per heavy atom. The smallest absolute Gasteiger partial charge is 0.266 e. The maximum Gasteiger partial charge on any atom is 0.266 e. The fourth-order valence-electron chi connectivity index (χ4n) is 2.75. The first kappa shape index (κ1) is 21.2. The van der Waals surface area contributed by atoms with Crippen LogP contribution >= 0.6 is 24.0 Å². The highest BCUT2D eigenvalue weighted by atomic mass is 32.2. The van der Waals surface area contributed by atoms with Gasteiger partial charge in [0.25, 0.3) is 5.91 Å². The Morgan fingerprint density at radius 2 is 1.72 bits per heavy atom. The van der Waals surface area contributed by atoms with Gasteiger partial charge < -0.3 is 14.2 Å². The fourth-order valence-corrected chi connectivity index (χ4v) is 4.14. The second-order valence-electron chi connectivity index (χ2n) is 6.20. The first-order valence-corrected chi connectivity index (χ1v) is 10.6. The summed E-state index contributed by atoms with van der Waals surface area (Å²) in [5.74, 6) is 2.20. The number of thioether (sulfide) groups is 1. The molecule has 1 aliphatic rings. The molecule has 1 saturated heterocycles. The molecular weight excluding hydrogens is 406 g/mol. The van der Waals surface area contributed by atoms with Gasteiger partial charge in [-0.1, -0.05) is 48.2 Å². The first-order chi connectivity index (χ1) is 14.1. The molecule has 0 bridgehead atoms. The third kappa shape index (κ3) is 5.52. The van der Waals surface area contributed by atoms with E-state index in [4.69, 9.17) is 26.4 Å². The predicted molar refractivity (Wildman–Crippen MR) is 121 cm³/mol. The van der Waals surface area contributed by atoms with Crippen molar-refractivity contribution in [2.45, 2.75) is 13.3 Å². The summed E-state index contributed by atoms with van der Waals surface area (Å²) in [4.78, 5) is 14.5. The number of benzene rings is 2. The molecule has 1 aliphatic heterocycles. The molecule has 5 nitrogen and oxygen atoms in total. The largest absolute Gasteiger partial charge is 0.493 e. The number of rotatable bonds is 9. The summed E-state index contributed by atoms with van der Waals surface area (Å²) in [6, 6.07) is 15.2. The first-order valence-electron chi connectivity index (χ1n) is 9.36. The van der Waals surface area contributed by atoms with Gasteiger partial charge in [0.05, 0.1) is 25.2 Å². The van der Waals surface area contributed by atoms with Crippen molar-refractivity contribution in [2.24, 2.45) is 0 Å². The van der Waals surface area contributed by atoms with Crippen LogP contribution in [0.3, 0.4) is 0 Å². The van der Waals surface area contributed by atoms with Crippen LogP contribution in [0.15, 0.2) is 53.4 Å². The molecule has 152 valence electrons. The van der Waals surface area contributed by atoms with Crippen molar-refractivity contribution in [1.29, 1.82) is 0 Å². The van der Waals surface area contributed by atoms with Gasteiger partial charge >= 0.3 is 0 Å². The lowest BCUT2D eigenvalue weighted by molar-refractivity contribution is -0.121. The molecule has 2 aromatic carbocycles. The quantitative estimate of drug-likeness (QED) is 0.325. The highest BCUT2D eigenvalue weighted by Crippen LogP contribution is 2.32. The van der Waals surface area contributed by atoms with Gasteiger partial charge in [-0.3, -0.25) is 9.69 Å². The number of carbonyl (C=O) groups excluding carboxylic acids is 1. The Balaban J connectivity index is 1.46. The summed E-state index contributed by atoms with van der Waals surface area (Å²) in [5.41, 5.74) is 0.938. The van der Waals surface area contributed by atoms with Crippen molar-refractivity contribution in [3.8, 4) is 17.2 Å². The number of ether oxygens (including phenoxy) is 3. The zero-order chi connectivity index (χ0) is 20.6. The molecule has 1 fully saturated rings. The molecule has 29 heavy (non-hydrogen) atoms. The number of amides is 1. The summed E-state index contributed by atoms with van der Waals surface area (Å²) in [6.07, 6.45) is 2.61. The van der Waals surface area contributed by atoms with E-state index in [1.165, 1.54) is 11.8 Å². The van der Waals surface area contributed by atoms with E-state index in [2.05, 4.69) is 0 Å². The Hall–Kier alpha value is -2.51. The maximum absolute atomic E-state index is 12.3. The average molecular weight is 430 g/mol. The van der Waals surface area contributed by atoms with Crippen LogP contribution in [0.5, 0.6) is 17.2 Å². The van der Waals surface area contributed by atoms with Gasteiger partial charge in [-0.15, -0.1) is 0 Å². The second kappa shape index (κ2) is 10.3. The number of nitrogens with zero attached hydrogens (tertiary/aromatic N) is 1. The molecule has 0 atom stereocenters. The number of likely N-dealkylation sites (N-methyl/N-ethyl adjacent to an activating group) is 1. The SMILES string of the molecule is CCN1C(=O)/C(=C/c2ccc(OCCCOc3ccccc3OC)cc2)SC1=S. The number of hydrogen-bond donors (Lipinski definition) is 0. The van der Waals surface area contributed by atoms with E-state index < -0.39 is 0 Å². The molecule has 1 amide bonds. The van der Waals surface area contributed by atoms with Crippen LogP contribution in [0.2, 0.25) is 0 Å². The summed E-state index contributed by atoms with van der Waals surface area (Å²) in [5, 5.41) is 0. The van der Waals surface area contributed by atoms with E-state index in [-0.39, 0.29) is 5.91 Å². The van der Waals surface area contributed by atoms with Crippen LogP contribution < -0.4 is 14.2 Å². The zero-order valence-corrected chi connectivity index (χ0v) is 18.1. The standard InChI is InChI=1S/C22H23NO4S2/c1-3-23-21(24)20(29-22(23)28)15-16-9-11-17(12-10-16)26-13-6-14-27-19-8-5-4-7-18(19)25-2/h4-5,7-12,15H,3,6,13-14H2,1-2H3/b20-15-. The third-order valence-corrected chi connectivity index (χ3v) is 5.63. The maximum atomic E-state index is 12.3. The van der Waals surface area contributed by atoms with Gasteiger partial charge in [0.2, 0.25) is 0 Å². The lowest BCUT2D eigenvalue weighted by atomic mass is 10.2. The molecule has 7 heteroatoms. The minimum Gasteiger partial charge on any atom is -0.493 e. The van der Waals surface area contributed by atoms with Crippen molar-refractivity contribution in [1.82, 2.24) is 4.90 Å². The number of methoxy groups -OCH3 is 1. The van der Waals surface area contributed by atoms with Crippen LogP contribution in [-0.4, -0.2) is 42.0 Å². The lowest BCUT2D eigenvalue weighted by Crippen LogP contribution is -2.27. The predicted octanol–water partition coefficient (Wildman–Crippen LogP) is 4.76. The monoisotopic (exact) mass is 429 g/mol. The Kier molecular flexibility index (Phi) is 7.55. The van der Waals surface area contributed by atoms with E-state index >= 15 is 0 Å². The number of carbonyl (C=O) groups is 1. The minimum absolute atomic E-state index is 0.0297. The van der Waals surface area contributed by atoms with E-state index in [9.17, 15) is 4.79 Å². The molecule has 3 rings (SSSR count). The molecule has 0 saturated carbocycles. The average Bonchev–Trinajstić information content (AvgIpc) is 3.01. The number of hydrogen-bond acceptors (Lipinski definition) is 6. The molecule has 0 radical (unpaired) electrons. The Labute approximate surface area is 180 Å². The van der Waals surface area contributed by atoms with Crippen LogP contribution in [0, 0.1) is 0 Å². The zero-order valence-electron chi connectivity index (χ0n) is 16.4. The van der Waals surface area contributed by atoms with E-state index in [1.54, 1.807) is 12.0 Å². The van der Waals surface area contributed by atoms with E-state index in [0.717, 1.165) is 29.2 Å². The lowest BCUT2D eigenvalue weighted by Gasteiger charge is -2.11. The Bertz CT molecular complexity index is 896. The highest BCUT2D eigenvalue weighted by molar-refractivity contribution is 8.26. The van der Waals surface area contributed by atoms with Gasteiger partial charge in [0, 0.05) is 13.0 Å². The highest BCUT2D eigenvalue weighted by Gasteiger charge is 2.30. The molecule has 0 aliphatic carbocycles. The third-order valence-electron chi connectivity index (χ3n) is 4.25. The normalized spacial score (nSPS) is 15.1. The summed E-state index contributed by atoms with van der Waals surface area (Å²) >= 11 is 6.58. The number of para-hydroxylation sites is 2. The molecule has 0 unspecified atom stereocenters. The van der Waals surface area contributed by atoms with Gasteiger partial charge in [0.1, 0.15) is 10.1 Å². The summed E-state index contributed by atoms with van der Waals surface area (Å²) in [6.45, 7) is 3.60. The van der Waals surface area contributed by atoms with Crippen LogP contribution in [0.25, 0.3) is 6.08 Å². The summed E-state index contributed by atoms with van der Waals surface area (Å²) < 4.78 is 17.4. The van der Waals surface area contributed by atoms with Gasteiger partial charge in [-0.25, -0.2) is 0 Å². The molecular formula is C22H23NO4S2. The van der Waals surface area contributed by atoms with Gasteiger partial charge in [-0.2, -0.15) is 0 Å². The van der Waals surface area contributed by atoms with E-state index in [0.29, 0.717) is 29.0 Å². The second-order valence-corrected chi connectivity index (χ2v) is 7.87. The van der Waals surface area contributed by atoms with Gasteiger partial charge in [0.15, 0.2) is 11.5 Å². The molecule has 0 N–H and O–H groups in total. The van der Waals surface area contributed by atoms with Crippen molar-refractivity contribution < 1.29 is 19.0 Å². The van der Waals surface area contributed by atoms with Crippen molar-refractivity contribution in [3.05, 3.63) is 59.0 Å². The topological polar surface area (TPSA) is 48.0 Å². The van der Waals surface area contributed by atoms with Crippen molar-refractivity contribution >= 4 is 40.3 Å². The fraction of sp³-hybridized carbons (Fsp3) is 0.273. The molecule has 2 aromatic rings. The number of thiocarbonyl (C=S) groups is 1. The van der Waals surface area contributed by atoms with Crippen molar-refractivity contribution in [2.75, 3.05) is 26.9 Å². The minimum atomic E-state index is -0.0297. The van der Waals surface area contributed by atoms with Crippen LogP contribution in [-0.2, 0) is 4.79 Å². The van der Waals surface area contributed by atoms with E-state index in [1.807, 2.05) is 61.5 Å². The molecule has 0 spiro atoms. The molecule has 0 aromatic heterocycles. The van der Waals surface area contributed by atoms with Gasteiger partial charge in [-0.05, 0) is 42.8 Å². The van der Waals surface area contributed by atoms with Crippen LogP contribution in [0.4, 0.5) is 0 Å². The Morgan fingerprint density at radius 1 is 1.03 bits per heavy atom. The van der Waals surface area contributed by atoms with Crippen LogP contribution in [0.1, 0.15) is 18.9 Å². The van der Waals surface area contributed by atoms with Crippen molar-refractivity contribution in [3.63, 3.8) is 0 Å². The summed E-state index contributed by atoms with van der Waals surface area (Å²) in [7, 11) is 1.63.